The first kappa shape index (κ1) is 76.5. The van der Waals surface area contributed by atoms with Crippen molar-refractivity contribution in [1.82, 2.24) is 9.13 Å². The second-order valence-corrected chi connectivity index (χ2v) is 33.8. The number of aromatic nitrogens is 2. The molecule has 0 N–H and O–H groups in total. The third kappa shape index (κ3) is 13.7. The van der Waals surface area contributed by atoms with Crippen molar-refractivity contribution in [2.75, 3.05) is 9.80 Å². The third-order valence-electron chi connectivity index (χ3n) is 26.3. The molecule has 0 saturated heterocycles. The maximum Gasteiger partial charge on any atom is 0.0541 e. The first-order valence-corrected chi connectivity index (χ1v) is 44.7. The Labute approximate surface area is 755 Å². The number of benzene rings is 22. The molecule has 2 aromatic heterocycles. The second-order valence-electron chi connectivity index (χ2n) is 33.8. The summed E-state index contributed by atoms with van der Waals surface area (Å²) in [5, 5.41) is 12.1. The smallest absolute Gasteiger partial charge is 0.0541 e. The molecule has 0 bridgehead atoms. The molecule has 0 atom stereocenters. The van der Waals surface area contributed by atoms with E-state index < -0.39 is 0 Å². The van der Waals surface area contributed by atoms with E-state index in [1.807, 2.05) is 0 Å². The van der Waals surface area contributed by atoms with Gasteiger partial charge in [-0.3, -0.25) is 0 Å². The fraction of sp³-hybridized carbons (Fsp3) is 0. The van der Waals surface area contributed by atoms with E-state index in [0.29, 0.717) is 0 Å². The SMILES string of the molecule is c1ccc(-c2cccc(N(c3ccccc3-c3ccc(-c4cccc5ccccc45)cc3)c3ccc(-c4ccccc4-n4c5ccccc5c5cc(-c6ccc7c(-c8ccc(-c9cccc(N(c%10ccc%11ccccc%11c%10)c%10ccc(-c%11ccccc%11-n%11c%12ccccc%12c%12ccccc%12%11)cc%10-c%10ccccc%10)c9)cc8)cccc7c6)ccc54)cc3-c3ccccc3)c2)cc1. The zero-order chi connectivity index (χ0) is 86.0. The number of nitrogens with zero attached hydrogens (tertiary/aromatic N) is 4. The fourth-order valence-electron chi connectivity index (χ4n) is 20.1. The van der Waals surface area contributed by atoms with E-state index in [-0.39, 0.29) is 0 Å². The lowest BCUT2D eigenvalue weighted by atomic mass is 9.93. The van der Waals surface area contributed by atoms with Gasteiger partial charge in [0.15, 0.2) is 0 Å². The Morgan fingerprint density at radius 3 is 1.05 bits per heavy atom. The molecule has 130 heavy (non-hydrogen) atoms. The van der Waals surface area contributed by atoms with Gasteiger partial charge in [0, 0.05) is 66.4 Å². The maximum atomic E-state index is 2.48. The highest BCUT2D eigenvalue weighted by Gasteiger charge is 2.27. The van der Waals surface area contributed by atoms with Crippen molar-refractivity contribution in [3.63, 3.8) is 0 Å². The number of para-hydroxylation sites is 6. The van der Waals surface area contributed by atoms with E-state index in [1.165, 1.54) is 81.6 Å². The van der Waals surface area contributed by atoms with Crippen molar-refractivity contribution in [2.24, 2.45) is 0 Å². The molecular formula is C126H84N4. The van der Waals surface area contributed by atoms with Crippen LogP contribution >= 0.6 is 0 Å². The van der Waals surface area contributed by atoms with Gasteiger partial charge in [-0.15, -0.1) is 0 Å². The molecule has 608 valence electrons. The Kier molecular flexibility index (Phi) is 19.3. The molecule has 24 rings (SSSR count). The quantitative estimate of drug-likeness (QED) is 0.0851. The lowest BCUT2D eigenvalue weighted by molar-refractivity contribution is 1.18. The zero-order valence-electron chi connectivity index (χ0n) is 71.3. The summed E-state index contributed by atoms with van der Waals surface area (Å²) < 4.78 is 4.92. The Morgan fingerprint density at radius 2 is 0.469 bits per heavy atom. The molecule has 0 amide bonds. The van der Waals surface area contributed by atoms with E-state index in [2.05, 4.69) is 529 Å². The van der Waals surface area contributed by atoms with Crippen LogP contribution in [0.5, 0.6) is 0 Å². The van der Waals surface area contributed by atoms with Crippen LogP contribution in [0.2, 0.25) is 0 Å². The van der Waals surface area contributed by atoms with Crippen LogP contribution in [0.15, 0.2) is 510 Å². The summed E-state index contributed by atoms with van der Waals surface area (Å²) in [6.07, 6.45) is 0. The molecule has 0 spiro atoms. The molecule has 0 unspecified atom stereocenters. The summed E-state index contributed by atoms with van der Waals surface area (Å²) in [4.78, 5) is 4.93. The molecule has 0 radical (unpaired) electrons. The summed E-state index contributed by atoms with van der Waals surface area (Å²) >= 11 is 0. The molecule has 2 heterocycles. The summed E-state index contributed by atoms with van der Waals surface area (Å²) in [7, 11) is 0. The topological polar surface area (TPSA) is 16.3 Å². The number of hydrogen-bond donors (Lipinski definition) is 0. The molecular weight excluding hydrogens is 1570 g/mol. The van der Waals surface area contributed by atoms with Gasteiger partial charge in [-0.05, 0) is 231 Å². The number of anilines is 6. The monoisotopic (exact) mass is 1650 g/mol. The zero-order valence-corrected chi connectivity index (χ0v) is 71.3. The summed E-state index contributed by atoms with van der Waals surface area (Å²) in [5.41, 5.74) is 36.2. The molecule has 24 aromatic rings. The van der Waals surface area contributed by atoms with Crippen molar-refractivity contribution >= 4 is 110 Å². The van der Waals surface area contributed by atoms with Crippen LogP contribution in [0.1, 0.15) is 0 Å². The minimum absolute atomic E-state index is 1.06. The molecule has 0 aliphatic rings. The fourth-order valence-corrected chi connectivity index (χ4v) is 20.1. The number of fused-ring (bicyclic) bond motifs is 9. The minimum atomic E-state index is 1.06. The molecule has 22 aromatic carbocycles. The van der Waals surface area contributed by atoms with Crippen molar-refractivity contribution in [3.8, 4) is 123 Å². The Morgan fingerprint density at radius 1 is 0.131 bits per heavy atom. The van der Waals surface area contributed by atoms with E-state index in [1.54, 1.807) is 0 Å². The summed E-state index contributed by atoms with van der Waals surface area (Å²) in [6.45, 7) is 0. The summed E-state index contributed by atoms with van der Waals surface area (Å²) in [6, 6.07) is 188. The van der Waals surface area contributed by atoms with Crippen LogP contribution in [-0.2, 0) is 0 Å². The molecule has 4 heteroatoms. The Hall–Kier alpha value is -17.2. The first-order valence-electron chi connectivity index (χ1n) is 44.7. The first-order chi connectivity index (χ1) is 64.5. The molecule has 0 fully saturated rings. The lowest BCUT2D eigenvalue weighted by Gasteiger charge is -2.31. The van der Waals surface area contributed by atoms with Crippen molar-refractivity contribution in [3.05, 3.63) is 510 Å². The van der Waals surface area contributed by atoms with E-state index in [4.69, 9.17) is 0 Å². The molecule has 0 aliphatic heterocycles. The standard InChI is InChI=1S/C126H84N4/c1-4-30-85(31-5-1)95-40-27-44-103(80-95)128(118-54-20-14-46-109(118)93-66-64-92(65-67-93)106-52-28-39-88-37-12-13-45-105(88)106)125-77-72-101(84-116(125)90-35-8-3-9-36-90)111-48-16-22-56-120(111)130-123-59-25-19-51-114(123)117-82-98(70-75-126(117)130)97-69-74-108-99(78-97)42-29-53-107(108)91-62-60-87(61-63-91)96-41-26-43-102(79-96)127(104-73-68-86-32-10-11-38-94(86)81-104)124-76-71-100(83-115(124)89-33-6-2-7-34-89)110-47-15-21-55-119(110)129-121-57-23-17-49-112(121)113-50-18-24-58-122(113)129/h1-84H. The highest BCUT2D eigenvalue weighted by molar-refractivity contribution is 6.13. The molecule has 4 nitrogen and oxygen atoms in total. The van der Waals surface area contributed by atoms with Crippen LogP contribution in [0.3, 0.4) is 0 Å². The van der Waals surface area contributed by atoms with Crippen molar-refractivity contribution in [2.45, 2.75) is 0 Å². The minimum Gasteiger partial charge on any atom is -0.310 e. The van der Waals surface area contributed by atoms with E-state index in [9.17, 15) is 0 Å². The maximum absolute atomic E-state index is 2.48. The van der Waals surface area contributed by atoms with Crippen LogP contribution in [0.4, 0.5) is 34.1 Å². The van der Waals surface area contributed by atoms with Gasteiger partial charge in [0.2, 0.25) is 0 Å². The predicted octanol–water partition coefficient (Wildman–Crippen LogP) is 35.0. The van der Waals surface area contributed by atoms with Gasteiger partial charge in [0.1, 0.15) is 0 Å². The lowest BCUT2D eigenvalue weighted by Crippen LogP contribution is -2.13. The largest absolute Gasteiger partial charge is 0.310 e. The highest BCUT2D eigenvalue weighted by atomic mass is 15.2. The van der Waals surface area contributed by atoms with E-state index in [0.717, 1.165) is 151 Å². The molecule has 0 aliphatic carbocycles. The van der Waals surface area contributed by atoms with Gasteiger partial charge < -0.3 is 18.9 Å². The van der Waals surface area contributed by atoms with Crippen LogP contribution < -0.4 is 9.80 Å². The normalized spacial score (nSPS) is 11.5. The van der Waals surface area contributed by atoms with Gasteiger partial charge in [0.25, 0.3) is 0 Å². The van der Waals surface area contributed by atoms with Gasteiger partial charge in [-0.25, -0.2) is 0 Å². The second kappa shape index (κ2) is 32.7. The highest BCUT2D eigenvalue weighted by Crippen LogP contribution is 2.51. The average Bonchev–Trinajstić information content (AvgIpc) is 1.51. The van der Waals surface area contributed by atoms with Gasteiger partial charge in [0.05, 0.1) is 50.5 Å². The number of rotatable bonds is 18. The van der Waals surface area contributed by atoms with Crippen LogP contribution in [-0.4, -0.2) is 9.13 Å². The third-order valence-corrected chi connectivity index (χ3v) is 26.3. The van der Waals surface area contributed by atoms with Gasteiger partial charge >= 0.3 is 0 Å². The Bertz CT molecular complexity index is 8410. The van der Waals surface area contributed by atoms with Crippen LogP contribution in [0, 0.1) is 0 Å². The van der Waals surface area contributed by atoms with Gasteiger partial charge in [-0.2, -0.15) is 0 Å². The number of hydrogen-bond acceptors (Lipinski definition) is 2. The van der Waals surface area contributed by atoms with Crippen molar-refractivity contribution < 1.29 is 0 Å². The predicted molar refractivity (Wildman–Crippen MR) is 551 cm³/mol. The van der Waals surface area contributed by atoms with E-state index >= 15 is 0 Å². The summed E-state index contributed by atoms with van der Waals surface area (Å²) in [5.74, 6) is 0. The average molecular weight is 1650 g/mol. The van der Waals surface area contributed by atoms with Gasteiger partial charge in [-0.1, -0.05) is 394 Å². The van der Waals surface area contributed by atoms with Crippen molar-refractivity contribution in [1.29, 1.82) is 0 Å². The van der Waals surface area contributed by atoms with Crippen LogP contribution in [0.25, 0.3) is 199 Å². The molecule has 0 saturated carbocycles. The Balaban J connectivity index is 0.559.